The molecule has 1 N–H and O–H groups in total. The predicted octanol–water partition coefficient (Wildman–Crippen LogP) is 4.94. The van der Waals surface area contributed by atoms with Gasteiger partial charge in [-0.25, -0.2) is 9.59 Å². The number of hydrogen-bond acceptors (Lipinski definition) is 6. The van der Waals surface area contributed by atoms with Crippen molar-refractivity contribution in [1.29, 1.82) is 0 Å². The zero-order valence-corrected chi connectivity index (χ0v) is 21.7. The molecule has 0 saturated carbocycles. The van der Waals surface area contributed by atoms with E-state index in [0.29, 0.717) is 6.54 Å². The van der Waals surface area contributed by atoms with Crippen LogP contribution in [-0.4, -0.2) is 48.6 Å². The molecular formula is C24H27IN2O5S. The zero-order valence-electron chi connectivity index (χ0n) is 18.7. The largest absolute Gasteiger partial charge is 0.449 e. The predicted molar refractivity (Wildman–Crippen MR) is 137 cm³/mol. The number of rotatable bonds is 9. The molecule has 0 spiro atoms. The first-order valence-corrected chi connectivity index (χ1v) is 14.0. The summed E-state index contributed by atoms with van der Waals surface area (Å²) in [6.07, 6.45) is -0.662. The van der Waals surface area contributed by atoms with E-state index >= 15 is 0 Å². The van der Waals surface area contributed by atoms with Gasteiger partial charge in [0.15, 0.2) is 0 Å². The summed E-state index contributed by atoms with van der Waals surface area (Å²) in [5.74, 6) is -1.13. The summed E-state index contributed by atoms with van der Waals surface area (Å²) in [5, 5.41) is 2.70. The van der Waals surface area contributed by atoms with Crippen LogP contribution in [-0.2, 0) is 18.5 Å². The van der Waals surface area contributed by atoms with Crippen LogP contribution in [0.15, 0.2) is 48.5 Å². The molecule has 1 atom stereocenters. The molecule has 0 radical (unpaired) electrons. The monoisotopic (exact) mass is 582 g/mol. The molecule has 7 nitrogen and oxygen atoms in total. The fourth-order valence-electron chi connectivity index (χ4n) is 4.04. The average Bonchev–Trinajstić information content (AvgIpc) is 3.13. The third-order valence-corrected chi connectivity index (χ3v) is 6.48. The maximum absolute atomic E-state index is 13.0. The number of alkyl carbamates (subject to hydrolysis) is 1. The van der Waals surface area contributed by atoms with Crippen molar-refractivity contribution in [3.8, 4) is 11.1 Å². The van der Waals surface area contributed by atoms with Crippen LogP contribution in [0.1, 0.15) is 37.8 Å². The van der Waals surface area contributed by atoms with Crippen molar-refractivity contribution in [3.05, 3.63) is 59.7 Å². The molecule has 0 heterocycles. The van der Waals surface area contributed by atoms with Gasteiger partial charge in [0.2, 0.25) is 5.91 Å². The van der Waals surface area contributed by atoms with Gasteiger partial charge in [-0.2, -0.15) is 0 Å². The van der Waals surface area contributed by atoms with Crippen LogP contribution >= 0.6 is 30.4 Å². The Labute approximate surface area is 210 Å². The van der Waals surface area contributed by atoms with Crippen molar-refractivity contribution >= 4 is 48.4 Å². The maximum Gasteiger partial charge on any atom is 0.407 e. The number of fused-ring (bicyclic) bond motifs is 3. The smallest absolute Gasteiger partial charge is 0.407 e. The van der Waals surface area contributed by atoms with Gasteiger partial charge < -0.3 is 19.1 Å². The lowest BCUT2D eigenvalue weighted by atomic mass is 9.98. The van der Waals surface area contributed by atoms with E-state index in [1.54, 1.807) is 6.92 Å². The van der Waals surface area contributed by atoms with Gasteiger partial charge in [-0.3, -0.25) is 4.79 Å². The second-order valence-electron chi connectivity index (χ2n) is 8.06. The summed E-state index contributed by atoms with van der Waals surface area (Å²) in [4.78, 5) is 38.9. The molecule has 3 rings (SSSR count). The van der Waals surface area contributed by atoms with Gasteiger partial charge in [-0.1, -0.05) is 62.4 Å². The number of carbonyl (C=O) groups excluding carboxylic acids is 3. The van der Waals surface area contributed by atoms with E-state index in [4.69, 9.17) is 8.92 Å². The van der Waals surface area contributed by atoms with E-state index in [1.807, 2.05) is 71.5 Å². The van der Waals surface area contributed by atoms with Gasteiger partial charge in [-0.15, -0.1) is 0 Å². The van der Waals surface area contributed by atoms with Crippen LogP contribution in [0.4, 0.5) is 4.79 Å². The zero-order chi connectivity index (χ0) is 24.0. The minimum atomic E-state index is -0.819. The molecular weight excluding hydrogens is 555 g/mol. The molecule has 176 valence electrons. The Morgan fingerprint density at radius 2 is 1.64 bits per heavy atom. The number of halogens is 1. The molecule has 0 aromatic heterocycles. The second kappa shape index (κ2) is 11.7. The topological polar surface area (TPSA) is 84.9 Å². The normalized spacial score (nSPS) is 13.1. The molecule has 0 aliphatic heterocycles. The first-order valence-electron chi connectivity index (χ1n) is 10.8. The molecule has 1 aliphatic carbocycles. The number of likely N-dealkylation sites (N-methyl/N-ethyl adjacent to an activating group) is 1. The molecule has 0 fully saturated rings. The fourth-order valence-corrected chi connectivity index (χ4v) is 4.76. The Hall–Kier alpha value is -2.27. The third-order valence-electron chi connectivity index (χ3n) is 5.69. The molecule has 2 aromatic rings. The number of carbonyl (C=O) groups is 3. The van der Waals surface area contributed by atoms with Crippen molar-refractivity contribution < 1.29 is 23.3 Å². The Kier molecular flexibility index (Phi) is 9.02. The van der Waals surface area contributed by atoms with Gasteiger partial charge in [0.25, 0.3) is 0 Å². The standard InChI is InChI=1S/C24H27IN2O5S/c1-4-27(13-21(28)32-33-25)23(29)22(15(2)3)26-24(30)31-14-20-18-11-7-5-9-16(18)17-10-6-8-12-19(17)20/h5-12,15,20,22H,4,13-14H2,1-3H3,(H,26,30). The van der Waals surface area contributed by atoms with Crippen LogP contribution < -0.4 is 5.32 Å². The van der Waals surface area contributed by atoms with Gasteiger partial charge in [0, 0.05) is 33.7 Å². The van der Waals surface area contributed by atoms with E-state index in [9.17, 15) is 14.4 Å². The lowest BCUT2D eigenvalue weighted by molar-refractivity contribution is -0.143. The molecule has 33 heavy (non-hydrogen) atoms. The maximum atomic E-state index is 13.0. The molecule has 2 aromatic carbocycles. The molecule has 2 amide bonds. The lowest BCUT2D eigenvalue weighted by Crippen LogP contribution is -2.52. The molecule has 1 aliphatic rings. The second-order valence-corrected chi connectivity index (χ2v) is 9.43. The summed E-state index contributed by atoms with van der Waals surface area (Å²) in [5.41, 5.74) is 4.53. The highest BCUT2D eigenvalue weighted by atomic mass is 127. The van der Waals surface area contributed by atoms with E-state index in [-0.39, 0.29) is 30.9 Å². The van der Waals surface area contributed by atoms with Crippen molar-refractivity contribution in [2.45, 2.75) is 32.7 Å². The SMILES string of the molecule is CCN(CC(=O)OSI)C(=O)C(NC(=O)OCC1c2ccccc2-c2ccccc21)C(C)C. The number of nitrogens with one attached hydrogen (secondary N) is 1. The van der Waals surface area contributed by atoms with Crippen molar-refractivity contribution in [2.24, 2.45) is 5.92 Å². The Morgan fingerprint density at radius 3 is 2.15 bits per heavy atom. The van der Waals surface area contributed by atoms with Gasteiger partial charge in [0.05, 0.1) is 0 Å². The first kappa shape index (κ1) is 25.4. The van der Waals surface area contributed by atoms with E-state index in [0.717, 1.165) is 31.5 Å². The summed E-state index contributed by atoms with van der Waals surface area (Å²) in [6.45, 7) is 5.73. The summed E-state index contributed by atoms with van der Waals surface area (Å²) in [6, 6.07) is 15.4. The highest BCUT2D eigenvalue weighted by Crippen LogP contribution is 2.44. The van der Waals surface area contributed by atoms with Crippen LogP contribution in [0.2, 0.25) is 0 Å². The number of benzene rings is 2. The highest BCUT2D eigenvalue weighted by molar-refractivity contribution is 14.2. The van der Waals surface area contributed by atoms with Crippen LogP contribution in [0.5, 0.6) is 0 Å². The summed E-state index contributed by atoms with van der Waals surface area (Å²) < 4.78 is 10.4. The Bertz CT molecular complexity index is 970. The molecule has 9 heteroatoms. The van der Waals surface area contributed by atoms with E-state index in [2.05, 4.69) is 17.4 Å². The van der Waals surface area contributed by atoms with Crippen molar-refractivity contribution in [1.82, 2.24) is 10.2 Å². The lowest BCUT2D eigenvalue weighted by Gasteiger charge is -2.28. The number of nitrogens with zero attached hydrogens (tertiary/aromatic N) is 1. The summed E-state index contributed by atoms with van der Waals surface area (Å²) >= 11 is 1.84. The van der Waals surface area contributed by atoms with Crippen LogP contribution in [0.3, 0.4) is 0 Å². The van der Waals surface area contributed by atoms with Gasteiger partial charge >= 0.3 is 12.1 Å². The Balaban J connectivity index is 1.66. The summed E-state index contributed by atoms with van der Waals surface area (Å²) in [7, 11) is 0.901. The quantitative estimate of drug-likeness (QED) is 0.333. The average molecular weight is 582 g/mol. The highest BCUT2D eigenvalue weighted by Gasteiger charge is 2.32. The molecule has 0 saturated heterocycles. The molecule has 0 bridgehead atoms. The van der Waals surface area contributed by atoms with Crippen LogP contribution in [0, 0.1) is 5.92 Å². The minimum absolute atomic E-state index is 0.0657. The third kappa shape index (κ3) is 6.00. The first-order chi connectivity index (χ1) is 15.9. The van der Waals surface area contributed by atoms with Crippen molar-refractivity contribution in [3.63, 3.8) is 0 Å². The van der Waals surface area contributed by atoms with Gasteiger partial charge in [0.1, 0.15) is 28.4 Å². The fraction of sp³-hybridized carbons (Fsp3) is 0.375. The van der Waals surface area contributed by atoms with E-state index in [1.165, 1.54) is 4.90 Å². The van der Waals surface area contributed by atoms with E-state index < -0.39 is 18.1 Å². The van der Waals surface area contributed by atoms with Crippen molar-refractivity contribution in [2.75, 3.05) is 19.7 Å². The number of amides is 2. The molecule has 1 unspecified atom stereocenters. The Morgan fingerprint density at radius 1 is 1.06 bits per heavy atom. The van der Waals surface area contributed by atoms with Gasteiger partial charge in [-0.05, 0) is 35.1 Å². The van der Waals surface area contributed by atoms with Crippen LogP contribution in [0.25, 0.3) is 11.1 Å². The number of ether oxygens (including phenoxy) is 1. The minimum Gasteiger partial charge on any atom is -0.449 e. The number of hydrogen-bond donors (Lipinski definition) is 1.